The van der Waals surface area contributed by atoms with Crippen LogP contribution in [0.1, 0.15) is 106 Å². The molecular formula is C32H49ClO2. The van der Waals surface area contributed by atoms with Crippen LogP contribution in [0.5, 0.6) is 0 Å². The van der Waals surface area contributed by atoms with Crippen LogP contribution < -0.4 is 0 Å². The monoisotopic (exact) mass is 500 g/mol. The fourth-order valence-electron chi connectivity index (χ4n) is 11.6. The first-order valence-electron chi connectivity index (χ1n) is 14.5. The Hall–Kier alpha value is -0.760. The number of esters is 1. The van der Waals surface area contributed by atoms with Crippen molar-refractivity contribution in [3.8, 4) is 0 Å². The molecule has 11 atom stereocenters. The Balaban J connectivity index is 1.49. The Morgan fingerprint density at radius 1 is 0.914 bits per heavy atom. The molecule has 0 amide bonds. The number of hydrogen-bond donors (Lipinski definition) is 0. The van der Waals surface area contributed by atoms with E-state index < -0.39 is 0 Å². The van der Waals surface area contributed by atoms with Gasteiger partial charge >= 0.3 is 5.97 Å². The fraction of sp³-hybridized carbons (Fsp3) is 0.844. The van der Waals surface area contributed by atoms with Gasteiger partial charge in [0, 0.05) is 12.5 Å². The molecule has 0 N–H and O–H groups in total. The summed E-state index contributed by atoms with van der Waals surface area (Å²) in [6.07, 6.45) is 15.2. The van der Waals surface area contributed by atoms with Crippen LogP contribution in [-0.4, -0.2) is 12.1 Å². The predicted octanol–water partition coefficient (Wildman–Crippen LogP) is 8.94. The second-order valence-corrected chi connectivity index (χ2v) is 14.6. The Morgan fingerprint density at radius 3 is 2.31 bits per heavy atom. The predicted molar refractivity (Wildman–Crippen MR) is 145 cm³/mol. The Kier molecular flexibility index (Phi) is 6.39. The van der Waals surface area contributed by atoms with E-state index in [2.05, 4.69) is 47.3 Å². The van der Waals surface area contributed by atoms with Crippen LogP contribution in [-0.2, 0) is 9.53 Å². The summed E-state index contributed by atoms with van der Waals surface area (Å²) in [4.78, 5) is 11.8. The van der Waals surface area contributed by atoms with Crippen molar-refractivity contribution in [3.63, 3.8) is 0 Å². The number of halogens is 1. The highest BCUT2D eigenvalue weighted by Gasteiger charge is 2.69. The maximum absolute atomic E-state index is 11.8. The lowest BCUT2D eigenvalue weighted by Gasteiger charge is -2.72. The largest absolute Gasteiger partial charge is 0.462 e. The molecule has 5 aliphatic carbocycles. The molecule has 5 fully saturated rings. The van der Waals surface area contributed by atoms with Gasteiger partial charge in [-0.1, -0.05) is 57.5 Å². The zero-order valence-electron chi connectivity index (χ0n) is 23.2. The van der Waals surface area contributed by atoms with Gasteiger partial charge in [-0.3, -0.25) is 4.79 Å². The fourth-order valence-corrected chi connectivity index (χ4v) is 11.8. The quantitative estimate of drug-likeness (QED) is 0.285. The minimum Gasteiger partial charge on any atom is -0.462 e. The summed E-state index contributed by atoms with van der Waals surface area (Å²) in [5.74, 6) is 3.86. The highest BCUT2D eigenvalue weighted by atomic mass is 35.5. The minimum atomic E-state index is -0.112. The molecular weight excluding hydrogens is 452 g/mol. The molecule has 196 valence electrons. The Bertz CT molecular complexity index is 909. The van der Waals surface area contributed by atoms with E-state index in [1.165, 1.54) is 63.4 Å². The molecule has 0 spiro atoms. The third-order valence-corrected chi connectivity index (χ3v) is 13.5. The number of carbonyl (C=O) groups excluding carboxylic acids is 1. The van der Waals surface area contributed by atoms with E-state index >= 15 is 0 Å². The molecule has 0 aromatic carbocycles. The van der Waals surface area contributed by atoms with Crippen molar-refractivity contribution >= 4 is 17.6 Å². The molecule has 3 heteroatoms. The third kappa shape index (κ3) is 3.50. The van der Waals surface area contributed by atoms with Crippen LogP contribution in [0.15, 0.2) is 23.8 Å². The number of rotatable bonds is 3. The van der Waals surface area contributed by atoms with Gasteiger partial charge in [0.15, 0.2) is 0 Å². The summed E-state index contributed by atoms with van der Waals surface area (Å²) in [6, 6.07) is 0. The number of hydrogen-bond acceptors (Lipinski definition) is 2. The number of carbonyl (C=O) groups is 1. The average Bonchev–Trinajstić information content (AvgIpc) is 3.16. The number of ether oxygens (including phenoxy) is 1. The lowest BCUT2D eigenvalue weighted by atomic mass is 9.33. The second kappa shape index (κ2) is 8.64. The molecule has 5 saturated carbocycles. The molecule has 0 aromatic rings. The molecule has 2 nitrogen and oxygen atoms in total. The highest BCUT2D eigenvalue weighted by molar-refractivity contribution is 6.25. The van der Waals surface area contributed by atoms with E-state index in [1.807, 2.05) is 5.54 Å². The van der Waals surface area contributed by atoms with Crippen LogP contribution in [0.25, 0.3) is 0 Å². The van der Waals surface area contributed by atoms with Crippen molar-refractivity contribution < 1.29 is 9.53 Å². The SMILES string of the molecule is C=C(C)C1CCC2(/C=C/Cl)CC[C@]3(C)C(CCC4C5(C)CCC(OC(C)=O)C(C)C5CCC43C)C12. The summed E-state index contributed by atoms with van der Waals surface area (Å²) in [5.41, 5.74) is 4.59. The van der Waals surface area contributed by atoms with E-state index in [0.29, 0.717) is 39.9 Å². The molecule has 35 heavy (non-hydrogen) atoms. The van der Waals surface area contributed by atoms with Crippen LogP contribution in [0.4, 0.5) is 0 Å². The van der Waals surface area contributed by atoms with Gasteiger partial charge in [0.25, 0.3) is 0 Å². The van der Waals surface area contributed by atoms with Gasteiger partial charge in [-0.05, 0) is 128 Å². The molecule has 0 bridgehead atoms. The van der Waals surface area contributed by atoms with E-state index in [-0.39, 0.29) is 17.5 Å². The van der Waals surface area contributed by atoms with Crippen molar-refractivity contribution in [2.75, 3.05) is 0 Å². The molecule has 0 saturated heterocycles. The van der Waals surface area contributed by atoms with E-state index in [0.717, 1.165) is 18.3 Å². The van der Waals surface area contributed by atoms with Crippen molar-refractivity contribution in [3.05, 3.63) is 23.8 Å². The Morgan fingerprint density at radius 2 is 1.66 bits per heavy atom. The Labute approximate surface area is 219 Å². The molecule has 0 aromatic heterocycles. The molecule has 10 unspecified atom stereocenters. The smallest absolute Gasteiger partial charge is 0.302 e. The van der Waals surface area contributed by atoms with Gasteiger partial charge in [0.1, 0.15) is 6.10 Å². The van der Waals surface area contributed by atoms with Crippen LogP contribution in [0.2, 0.25) is 0 Å². The van der Waals surface area contributed by atoms with Gasteiger partial charge in [0.2, 0.25) is 0 Å². The molecule has 0 aliphatic heterocycles. The first-order chi connectivity index (χ1) is 16.4. The molecule has 0 heterocycles. The van der Waals surface area contributed by atoms with Crippen molar-refractivity contribution in [1.82, 2.24) is 0 Å². The first kappa shape index (κ1) is 25.9. The lowest BCUT2D eigenvalue weighted by Crippen LogP contribution is -2.65. The van der Waals surface area contributed by atoms with Crippen molar-refractivity contribution in [1.29, 1.82) is 0 Å². The van der Waals surface area contributed by atoms with E-state index in [9.17, 15) is 4.79 Å². The number of allylic oxidation sites excluding steroid dienone is 2. The molecule has 0 radical (unpaired) electrons. The van der Waals surface area contributed by atoms with Gasteiger partial charge in [-0.15, -0.1) is 0 Å². The van der Waals surface area contributed by atoms with Crippen LogP contribution >= 0.6 is 11.6 Å². The average molecular weight is 501 g/mol. The van der Waals surface area contributed by atoms with E-state index in [4.69, 9.17) is 16.3 Å². The van der Waals surface area contributed by atoms with Crippen molar-refractivity contribution in [2.24, 2.45) is 57.2 Å². The summed E-state index contributed by atoms with van der Waals surface area (Å²) < 4.78 is 5.82. The van der Waals surface area contributed by atoms with E-state index in [1.54, 1.807) is 6.92 Å². The normalized spacial score (nSPS) is 53.3. The van der Waals surface area contributed by atoms with Crippen molar-refractivity contribution in [2.45, 2.75) is 112 Å². The lowest BCUT2D eigenvalue weighted by molar-refractivity contribution is -0.233. The summed E-state index contributed by atoms with van der Waals surface area (Å²) >= 11 is 6.29. The highest BCUT2D eigenvalue weighted by Crippen LogP contribution is 2.77. The maximum Gasteiger partial charge on any atom is 0.302 e. The van der Waals surface area contributed by atoms with Crippen LogP contribution in [0.3, 0.4) is 0 Å². The molecule has 5 aliphatic rings. The zero-order chi connectivity index (χ0) is 25.4. The topological polar surface area (TPSA) is 26.3 Å². The second-order valence-electron chi connectivity index (χ2n) is 14.3. The zero-order valence-corrected chi connectivity index (χ0v) is 23.9. The maximum atomic E-state index is 11.8. The van der Waals surface area contributed by atoms with Crippen LogP contribution in [0, 0.1) is 57.2 Å². The third-order valence-electron chi connectivity index (χ3n) is 13.4. The van der Waals surface area contributed by atoms with Gasteiger partial charge < -0.3 is 4.74 Å². The van der Waals surface area contributed by atoms with Gasteiger partial charge in [0.05, 0.1) is 0 Å². The van der Waals surface area contributed by atoms with Gasteiger partial charge in [-0.25, -0.2) is 0 Å². The minimum absolute atomic E-state index is 0.106. The summed E-state index contributed by atoms with van der Waals surface area (Å²) in [5, 5.41) is 0. The first-order valence-corrected chi connectivity index (χ1v) is 15.0. The summed E-state index contributed by atoms with van der Waals surface area (Å²) in [6.45, 7) is 18.7. The number of fused-ring (bicyclic) bond motifs is 7. The summed E-state index contributed by atoms with van der Waals surface area (Å²) in [7, 11) is 0. The molecule has 5 rings (SSSR count). The standard InChI is InChI=1S/C32H49ClO2/c1-20(2)23-10-15-32(18-19-33)17-16-30(6)25(28(23)32)8-9-27-29(5)13-12-26(35-22(4)34)21(3)24(29)11-14-31(27,30)7/h18-19,21,23-28H,1,8-17H2,2-7H3/b19-18+/t21?,23?,24?,25?,26?,27?,28?,29?,30-,31?,32?/m1/s1. The van der Waals surface area contributed by atoms with Gasteiger partial charge in [-0.2, -0.15) is 0 Å².